The van der Waals surface area contributed by atoms with Crippen LogP contribution in [0, 0.1) is 5.92 Å². The molecule has 1 aliphatic heterocycles. The molecule has 1 unspecified atom stereocenters. The maximum atomic E-state index is 13.5. The summed E-state index contributed by atoms with van der Waals surface area (Å²) in [4.78, 5) is 18.0. The molecule has 0 amide bonds. The van der Waals surface area contributed by atoms with Gasteiger partial charge in [-0.25, -0.2) is 5.10 Å². The number of halogens is 2. The van der Waals surface area contributed by atoms with Crippen molar-refractivity contribution in [3.63, 3.8) is 0 Å². The van der Waals surface area contributed by atoms with Crippen molar-refractivity contribution >= 4 is 40.7 Å². The van der Waals surface area contributed by atoms with Crippen molar-refractivity contribution in [1.82, 2.24) is 19.7 Å². The fourth-order valence-corrected chi connectivity index (χ4v) is 4.38. The van der Waals surface area contributed by atoms with E-state index in [1.807, 2.05) is 22.8 Å². The molecule has 0 spiro atoms. The van der Waals surface area contributed by atoms with E-state index in [0.717, 1.165) is 22.2 Å². The van der Waals surface area contributed by atoms with Crippen molar-refractivity contribution in [1.29, 1.82) is 0 Å². The van der Waals surface area contributed by atoms with Gasteiger partial charge in [-0.05, 0) is 36.2 Å². The van der Waals surface area contributed by atoms with Crippen molar-refractivity contribution in [2.75, 3.05) is 20.3 Å². The zero-order chi connectivity index (χ0) is 22.2. The number of aromatic amines is 1. The molecule has 0 bridgehead atoms. The summed E-state index contributed by atoms with van der Waals surface area (Å²) in [5, 5.41) is 17.7. The first-order chi connectivity index (χ1) is 15.6. The third kappa shape index (κ3) is 4.17. The van der Waals surface area contributed by atoms with Crippen LogP contribution in [-0.2, 0) is 13.0 Å². The number of carbonyl (C=O) groups is 1. The number of aliphatic hydroxyl groups excluding tert-OH is 1. The van der Waals surface area contributed by atoms with E-state index in [4.69, 9.17) is 21.1 Å². The molecule has 1 aliphatic rings. The Balaban J connectivity index is 0.00000259. The summed E-state index contributed by atoms with van der Waals surface area (Å²) in [6.07, 6.45) is 5.67. The van der Waals surface area contributed by atoms with Gasteiger partial charge in [-0.1, -0.05) is 11.6 Å². The van der Waals surface area contributed by atoms with E-state index in [-0.39, 0.29) is 30.7 Å². The lowest BCUT2D eigenvalue weighted by molar-refractivity contribution is 0.0856. The number of H-pyrrole nitrogens is 1. The molecule has 1 aromatic carbocycles. The number of aliphatic hydroxyl groups is 1. The van der Waals surface area contributed by atoms with Gasteiger partial charge >= 0.3 is 0 Å². The van der Waals surface area contributed by atoms with Crippen LogP contribution in [0.15, 0.2) is 42.9 Å². The smallest absolute Gasteiger partial charge is 0.218 e. The molecule has 2 N–H and O–H groups in total. The quantitative estimate of drug-likeness (QED) is 0.398. The number of nitrogens with one attached hydrogen (secondary N) is 1. The first-order valence-electron chi connectivity index (χ1n) is 10.2. The maximum Gasteiger partial charge on any atom is 0.218 e. The topological polar surface area (TPSA) is 102 Å². The average Bonchev–Trinajstić information content (AvgIpc) is 3.43. The molecule has 1 atom stereocenters. The van der Waals surface area contributed by atoms with E-state index in [0.29, 0.717) is 47.3 Å². The minimum Gasteiger partial charge on any atom is -0.493 e. The second kappa shape index (κ2) is 9.43. The van der Waals surface area contributed by atoms with Crippen molar-refractivity contribution < 1.29 is 19.4 Å². The number of hydrogen-bond acceptors (Lipinski definition) is 6. The summed E-state index contributed by atoms with van der Waals surface area (Å²) < 4.78 is 13.0. The average molecular weight is 489 g/mol. The summed E-state index contributed by atoms with van der Waals surface area (Å²) in [6.45, 7) is 0.607. The molecular formula is C23H22Cl2N4O4. The predicted octanol–water partition coefficient (Wildman–Crippen LogP) is 3.94. The van der Waals surface area contributed by atoms with E-state index in [2.05, 4.69) is 15.2 Å². The third-order valence-corrected chi connectivity index (χ3v) is 5.99. The van der Waals surface area contributed by atoms with Crippen LogP contribution >= 0.6 is 24.0 Å². The minimum atomic E-state index is -0.331. The Morgan fingerprint density at radius 1 is 1.36 bits per heavy atom. The van der Waals surface area contributed by atoms with Crippen LogP contribution in [0.25, 0.3) is 22.2 Å². The highest BCUT2D eigenvalue weighted by Crippen LogP contribution is 2.34. The number of carbonyl (C=O) groups excluding carboxylic acids is 1. The number of fused-ring (bicyclic) bond motifs is 2. The summed E-state index contributed by atoms with van der Waals surface area (Å²) in [5.41, 5.74) is 3.66. The number of methoxy groups -OCH3 is 1. The van der Waals surface area contributed by atoms with Crippen LogP contribution in [0.1, 0.15) is 15.9 Å². The molecule has 172 valence electrons. The van der Waals surface area contributed by atoms with E-state index < -0.39 is 0 Å². The molecule has 33 heavy (non-hydrogen) atoms. The lowest BCUT2D eigenvalue weighted by Gasteiger charge is -2.24. The zero-order valence-electron chi connectivity index (χ0n) is 17.7. The minimum absolute atomic E-state index is 0. The SMILES string of the molecule is COc1[nH]ncc1-c1cc2c(cn1)c(C(=O)C1COc3ccc(Cl)cc3C1)cn2CCO.Cl. The lowest BCUT2D eigenvalue weighted by Crippen LogP contribution is -2.28. The van der Waals surface area contributed by atoms with E-state index in [9.17, 15) is 9.90 Å². The summed E-state index contributed by atoms with van der Waals surface area (Å²) in [6, 6.07) is 7.34. The number of rotatable bonds is 6. The number of ketones is 1. The van der Waals surface area contributed by atoms with Gasteiger partial charge in [-0.2, -0.15) is 5.10 Å². The molecular weight excluding hydrogens is 467 g/mol. The van der Waals surface area contributed by atoms with Gasteiger partial charge < -0.3 is 19.1 Å². The molecule has 0 saturated carbocycles. The Labute approximate surface area is 200 Å². The van der Waals surface area contributed by atoms with Crippen molar-refractivity contribution in [2.45, 2.75) is 13.0 Å². The Bertz CT molecular complexity index is 1320. The van der Waals surface area contributed by atoms with E-state index in [1.165, 1.54) is 0 Å². The van der Waals surface area contributed by atoms with Crippen LogP contribution < -0.4 is 9.47 Å². The number of ether oxygens (including phenoxy) is 2. The molecule has 5 rings (SSSR count). The van der Waals surface area contributed by atoms with Crippen LogP contribution in [0.3, 0.4) is 0 Å². The van der Waals surface area contributed by atoms with Gasteiger partial charge in [-0.3, -0.25) is 9.78 Å². The molecule has 0 fully saturated rings. The summed E-state index contributed by atoms with van der Waals surface area (Å²) in [7, 11) is 1.55. The highest BCUT2D eigenvalue weighted by Gasteiger charge is 2.29. The Hall–Kier alpha value is -3.07. The molecule has 4 heterocycles. The maximum absolute atomic E-state index is 13.5. The molecule has 8 nitrogen and oxygen atoms in total. The largest absolute Gasteiger partial charge is 0.493 e. The molecule has 10 heteroatoms. The van der Waals surface area contributed by atoms with Gasteiger partial charge in [0, 0.05) is 34.9 Å². The number of aromatic nitrogens is 4. The first-order valence-corrected chi connectivity index (χ1v) is 10.6. The van der Waals surface area contributed by atoms with Gasteiger partial charge in [0.25, 0.3) is 0 Å². The standard InChI is InChI=1S/C23H21ClN4O4.ClH/c1-31-23-17(10-26-27-23)19-8-20-16(9-25-19)18(11-28(20)4-5-29)22(30)14-6-13-7-15(24)2-3-21(13)32-12-14;/h2-3,7-11,14,29H,4-6,12H2,1H3,(H,26,27);1H. The highest BCUT2D eigenvalue weighted by molar-refractivity contribution is 6.30. The van der Waals surface area contributed by atoms with Gasteiger partial charge in [-0.15, -0.1) is 12.4 Å². The number of Topliss-reactive ketones (excluding diaryl/α,β-unsaturated/α-hetero) is 1. The first kappa shape index (κ1) is 23.1. The molecule has 0 radical (unpaired) electrons. The summed E-state index contributed by atoms with van der Waals surface area (Å²) in [5.74, 6) is 0.919. The molecule has 0 saturated heterocycles. The molecule has 4 aromatic rings. The predicted molar refractivity (Wildman–Crippen MR) is 127 cm³/mol. The third-order valence-electron chi connectivity index (χ3n) is 5.76. The highest BCUT2D eigenvalue weighted by atomic mass is 35.5. The Morgan fingerprint density at radius 3 is 3.00 bits per heavy atom. The van der Waals surface area contributed by atoms with Crippen LogP contribution in [0.2, 0.25) is 5.02 Å². The zero-order valence-corrected chi connectivity index (χ0v) is 19.3. The Morgan fingerprint density at radius 2 is 2.21 bits per heavy atom. The van der Waals surface area contributed by atoms with Crippen molar-refractivity contribution in [3.05, 3.63) is 59.0 Å². The lowest BCUT2D eigenvalue weighted by atomic mass is 9.90. The Kier molecular flexibility index (Phi) is 6.60. The van der Waals surface area contributed by atoms with Crippen molar-refractivity contribution in [3.8, 4) is 22.9 Å². The number of nitrogens with zero attached hydrogens (tertiary/aromatic N) is 3. The fourth-order valence-electron chi connectivity index (χ4n) is 4.18. The number of benzene rings is 1. The van der Waals surface area contributed by atoms with E-state index in [1.54, 1.807) is 31.8 Å². The number of hydrogen-bond donors (Lipinski definition) is 2. The molecule has 3 aromatic heterocycles. The van der Waals surface area contributed by atoms with Crippen LogP contribution in [0.5, 0.6) is 11.6 Å². The molecule has 0 aliphatic carbocycles. The van der Waals surface area contributed by atoms with Crippen LogP contribution in [0.4, 0.5) is 0 Å². The van der Waals surface area contributed by atoms with Crippen molar-refractivity contribution in [2.24, 2.45) is 5.92 Å². The normalized spacial score (nSPS) is 14.9. The van der Waals surface area contributed by atoms with E-state index >= 15 is 0 Å². The second-order valence-electron chi connectivity index (χ2n) is 7.69. The van der Waals surface area contributed by atoms with Gasteiger partial charge in [0.15, 0.2) is 5.78 Å². The van der Waals surface area contributed by atoms with Gasteiger partial charge in [0.1, 0.15) is 5.75 Å². The van der Waals surface area contributed by atoms with Crippen LogP contribution in [-0.4, -0.2) is 51.0 Å². The second-order valence-corrected chi connectivity index (χ2v) is 8.13. The van der Waals surface area contributed by atoms with Gasteiger partial charge in [0.2, 0.25) is 5.88 Å². The monoisotopic (exact) mass is 488 g/mol. The fraction of sp³-hybridized carbons (Fsp3) is 0.261. The summed E-state index contributed by atoms with van der Waals surface area (Å²) >= 11 is 6.12. The number of pyridine rings is 1. The van der Waals surface area contributed by atoms with Gasteiger partial charge in [0.05, 0.1) is 49.2 Å².